The summed E-state index contributed by atoms with van der Waals surface area (Å²) in [5, 5.41) is 43.4. The number of aliphatic hydroxyl groups is 1. The zero-order valence-electron chi connectivity index (χ0n) is 50.0. The smallest absolute Gasteiger partial charge is 0.326 e. The highest BCUT2D eigenvalue weighted by molar-refractivity contribution is 7.98. The minimum absolute atomic E-state index is 0.00901. The average molecular weight is 1250 g/mol. The molecule has 0 aliphatic heterocycles. The van der Waals surface area contributed by atoms with Crippen molar-refractivity contribution < 1.29 is 63.0 Å². The Labute approximate surface area is 511 Å². The van der Waals surface area contributed by atoms with Gasteiger partial charge < -0.3 is 104 Å². The lowest BCUT2D eigenvalue weighted by Gasteiger charge is -2.28. The zero-order valence-corrected chi connectivity index (χ0v) is 50.8. The molecule has 9 atom stereocenters. The molecule has 1 aromatic rings. The van der Waals surface area contributed by atoms with Gasteiger partial charge in [0.25, 0.3) is 0 Å². The normalized spacial score (nSPS) is 14.1. The van der Waals surface area contributed by atoms with Crippen LogP contribution in [-0.2, 0) is 59.2 Å². The standard InChI is InChI=1S/C54H95N19O13S/c1-31(2)27-39(50(83)72-40(52(85)86)28-32-13-5-4-6-14-32)71-49(82)38(21-26-87-3)70-48(81)37(19-20-42(58)75)69-51(84)41(30-74)73-47(80)36(18-12-25-64-54(61)62)68-45(78)34(16-8-10-23-56)66-46(79)35(17-11-24-63-53(59)60)67-44(77)33(15-7-9-22-55)65-43(76)29-57/h4-6,13-14,31,33-41,74H,7-12,15-30,55-57H2,1-3H3,(H2,58,75)(H,65,76)(H,66,79)(H,67,77)(H,68,78)(H,69,84)(H,70,81)(H,71,82)(H,72,83)(H,73,80)(H,85,86)(H4,59,60,63)(H4,61,62,64). The van der Waals surface area contributed by atoms with Crippen LogP contribution in [0.25, 0.3) is 0 Å². The molecule has 32 nitrogen and oxygen atoms in total. The minimum atomic E-state index is -1.84. The van der Waals surface area contributed by atoms with E-state index in [4.69, 9.17) is 45.9 Å². The first-order chi connectivity index (χ1) is 41.3. The molecular formula is C54H95N19O13S. The topological polar surface area (TPSA) is 569 Å². The van der Waals surface area contributed by atoms with E-state index >= 15 is 0 Å². The summed E-state index contributed by atoms with van der Waals surface area (Å²) in [6, 6.07) is -4.22. The third-order valence-electron chi connectivity index (χ3n) is 13.1. The average Bonchev–Trinajstić information content (AvgIpc) is 3.60. The van der Waals surface area contributed by atoms with E-state index in [0.717, 1.165) is 0 Å². The van der Waals surface area contributed by atoms with Crippen molar-refractivity contribution in [3.63, 3.8) is 0 Å². The Morgan fingerprint density at radius 3 is 1.23 bits per heavy atom. The van der Waals surface area contributed by atoms with Crippen LogP contribution in [0, 0.1) is 5.92 Å². The van der Waals surface area contributed by atoms with Gasteiger partial charge in [0, 0.05) is 25.9 Å². The van der Waals surface area contributed by atoms with Crippen LogP contribution in [0.4, 0.5) is 0 Å². The predicted molar refractivity (Wildman–Crippen MR) is 328 cm³/mol. The third-order valence-corrected chi connectivity index (χ3v) is 13.8. The molecule has 0 aliphatic carbocycles. The Hall–Kier alpha value is -7.88. The van der Waals surface area contributed by atoms with E-state index in [9.17, 15) is 63.0 Å². The molecule has 87 heavy (non-hydrogen) atoms. The second-order valence-electron chi connectivity index (χ2n) is 20.9. The van der Waals surface area contributed by atoms with Crippen molar-refractivity contribution in [3.05, 3.63) is 35.9 Å². The summed E-state index contributed by atoms with van der Waals surface area (Å²) in [5.41, 5.74) is 45.0. The molecule has 0 heterocycles. The molecule has 0 radical (unpaired) electrons. The van der Waals surface area contributed by atoms with Gasteiger partial charge in [-0.2, -0.15) is 11.8 Å². The number of carboxylic acid groups (broad SMARTS) is 1. The lowest BCUT2D eigenvalue weighted by atomic mass is 10.0. The summed E-state index contributed by atoms with van der Waals surface area (Å²) < 4.78 is 0. The number of aliphatic imine (C=N–C) groups is 2. The van der Waals surface area contributed by atoms with E-state index in [1.807, 2.05) is 0 Å². The first-order valence-corrected chi connectivity index (χ1v) is 30.3. The largest absolute Gasteiger partial charge is 0.480 e. The van der Waals surface area contributed by atoms with Crippen LogP contribution in [-0.4, -0.2) is 193 Å². The molecule has 0 bridgehead atoms. The van der Waals surface area contributed by atoms with E-state index in [-0.39, 0.29) is 102 Å². The van der Waals surface area contributed by atoms with Gasteiger partial charge in [0.05, 0.1) is 13.2 Å². The lowest BCUT2D eigenvalue weighted by Crippen LogP contribution is -2.61. The molecular weight excluding hydrogens is 1150 g/mol. The second kappa shape index (κ2) is 43.7. The number of hydrogen-bond acceptors (Lipinski definition) is 18. The van der Waals surface area contributed by atoms with Gasteiger partial charge in [0.1, 0.15) is 54.4 Å². The Balaban J connectivity index is 3.59. The summed E-state index contributed by atoms with van der Waals surface area (Å²) in [7, 11) is 0. The van der Waals surface area contributed by atoms with Crippen molar-refractivity contribution in [2.45, 2.75) is 165 Å². The number of nitrogens with zero attached hydrogens (tertiary/aromatic N) is 2. The highest BCUT2D eigenvalue weighted by Crippen LogP contribution is 2.13. The summed E-state index contributed by atoms with van der Waals surface area (Å²) in [5.74, 6) is -10.5. The van der Waals surface area contributed by atoms with Crippen LogP contribution in [0.2, 0.25) is 0 Å². The number of aliphatic carboxylic acids is 1. The number of thioether (sulfide) groups is 1. The van der Waals surface area contributed by atoms with Gasteiger partial charge in [-0.05, 0) is 120 Å². The molecule has 33 heteroatoms. The van der Waals surface area contributed by atoms with Gasteiger partial charge in [-0.3, -0.25) is 57.9 Å². The van der Waals surface area contributed by atoms with Crippen molar-refractivity contribution in [2.75, 3.05) is 51.3 Å². The Morgan fingerprint density at radius 1 is 0.483 bits per heavy atom. The van der Waals surface area contributed by atoms with Crippen LogP contribution >= 0.6 is 11.8 Å². The van der Waals surface area contributed by atoms with Crippen LogP contribution < -0.4 is 93.7 Å². The van der Waals surface area contributed by atoms with Gasteiger partial charge >= 0.3 is 5.97 Å². The molecule has 0 fully saturated rings. The summed E-state index contributed by atoms with van der Waals surface area (Å²) >= 11 is 1.32. The lowest BCUT2D eigenvalue weighted by molar-refractivity contribution is -0.142. The van der Waals surface area contributed by atoms with Crippen molar-refractivity contribution in [1.82, 2.24) is 47.9 Å². The summed E-state index contributed by atoms with van der Waals surface area (Å²) in [4.78, 5) is 157. The molecule has 490 valence electrons. The van der Waals surface area contributed by atoms with Gasteiger partial charge in [0.2, 0.25) is 59.1 Å². The Kier molecular flexibility index (Phi) is 38.7. The summed E-state index contributed by atoms with van der Waals surface area (Å²) in [6.07, 6.45) is 2.55. The molecule has 27 N–H and O–H groups in total. The maximum Gasteiger partial charge on any atom is 0.326 e. The number of carbonyl (C=O) groups is 11. The zero-order chi connectivity index (χ0) is 65.4. The van der Waals surface area contributed by atoms with E-state index in [0.29, 0.717) is 37.1 Å². The SMILES string of the molecule is CSCCC(NC(=O)C(CCC(N)=O)NC(=O)C(CO)NC(=O)C(CCCN=C(N)N)NC(=O)C(CCCCN)NC(=O)C(CCCN=C(N)N)NC(=O)C(CCCCN)NC(=O)CN)C(=O)NC(CC(C)C)C(=O)NC(Cc1ccccc1)C(=O)O. The number of amides is 10. The van der Waals surface area contributed by atoms with Gasteiger partial charge in [-0.1, -0.05) is 44.2 Å². The molecule has 0 saturated carbocycles. The van der Waals surface area contributed by atoms with Crippen molar-refractivity contribution in [1.29, 1.82) is 0 Å². The fraction of sp³-hybridized carbons (Fsp3) is 0.648. The van der Waals surface area contributed by atoms with Crippen LogP contribution in [0.3, 0.4) is 0 Å². The first-order valence-electron chi connectivity index (χ1n) is 28.9. The monoisotopic (exact) mass is 1250 g/mol. The number of rotatable bonds is 46. The van der Waals surface area contributed by atoms with E-state index in [1.165, 1.54) is 11.8 Å². The first kappa shape index (κ1) is 77.1. The molecule has 0 spiro atoms. The number of nitrogens with two attached hydrogens (primary N) is 8. The number of unbranched alkanes of at least 4 members (excludes halogenated alkanes) is 2. The Bertz CT molecular complexity index is 2420. The number of guanidine groups is 2. The number of primary amides is 1. The number of carbonyl (C=O) groups excluding carboxylic acids is 10. The quantitative estimate of drug-likeness (QED) is 0.0164. The molecule has 9 unspecified atom stereocenters. The molecule has 1 aromatic carbocycles. The van der Waals surface area contributed by atoms with Crippen LogP contribution in [0.1, 0.15) is 109 Å². The van der Waals surface area contributed by atoms with Gasteiger partial charge in [0.15, 0.2) is 11.9 Å². The molecule has 0 aliphatic rings. The highest BCUT2D eigenvalue weighted by atomic mass is 32.2. The molecule has 1 rings (SSSR count). The molecule has 0 saturated heterocycles. The van der Waals surface area contributed by atoms with Crippen LogP contribution in [0.15, 0.2) is 40.3 Å². The Morgan fingerprint density at radius 2 is 0.851 bits per heavy atom. The van der Waals surface area contributed by atoms with Crippen molar-refractivity contribution >= 4 is 88.7 Å². The van der Waals surface area contributed by atoms with Crippen LogP contribution in [0.5, 0.6) is 0 Å². The maximum absolute atomic E-state index is 14.3. The number of hydrogen-bond donors (Lipinski definition) is 19. The molecule has 10 amide bonds. The number of benzene rings is 1. The second-order valence-corrected chi connectivity index (χ2v) is 21.9. The number of aliphatic hydroxyl groups excluding tert-OH is 1. The number of carboxylic acids is 1. The fourth-order valence-electron chi connectivity index (χ4n) is 8.51. The van der Waals surface area contributed by atoms with Crippen molar-refractivity contribution in [2.24, 2.45) is 61.8 Å². The summed E-state index contributed by atoms with van der Waals surface area (Å²) in [6.45, 7) is 2.58. The predicted octanol–water partition coefficient (Wildman–Crippen LogP) is -5.94. The third kappa shape index (κ3) is 33.0. The van der Waals surface area contributed by atoms with E-state index in [1.54, 1.807) is 50.4 Å². The van der Waals surface area contributed by atoms with E-state index < -0.39 is 145 Å². The van der Waals surface area contributed by atoms with Crippen molar-refractivity contribution in [3.8, 4) is 0 Å². The molecule has 0 aromatic heterocycles. The van der Waals surface area contributed by atoms with Gasteiger partial charge in [-0.15, -0.1) is 0 Å². The van der Waals surface area contributed by atoms with E-state index in [2.05, 4.69) is 57.8 Å². The maximum atomic E-state index is 14.3. The fourth-order valence-corrected chi connectivity index (χ4v) is 8.98. The highest BCUT2D eigenvalue weighted by Gasteiger charge is 2.36. The van der Waals surface area contributed by atoms with Gasteiger partial charge in [-0.25, -0.2) is 4.79 Å². The number of nitrogens with one attached hydrogen (secondary N) is 9. The minimum Gasteiger partial charge on any atom is -0.480 e.